The van der Waals surface area contributed by atoms with Gasteiger partial charge in [-0.3, -0.25) is 0 Å². The number of anilines is 1. The molecule has 0 saturated carbocycles. The first-order valence-corrected chi connectivity index (χ1v) is 7.45. The maximum atomic E-state index is 11.4. The quantitative estimate of drug-likeness (QED) is 0.884. The Morgan fingerprint density at radius 3 is 2.40 bits per heavy atom. The molecule has 1 aliphatic rings. The fourth-order valence-electron chi connectivity index (χ4n) is 2.98. The molecule has 0 aliphatic carbocycles. The molecule has 1 aliphatic heterocycles. The van der Waals surface area contributed by atoms with Crippen LogP contribution >= 0.6 is 11.6 Å². The molecule has 0 radical (unpaired) electrons. The summed E-state index contributed by atoms with van der Waals surface area (Å²) in [6.45, 7) is 8.54. The van der Waals surface area contributed by atoms with Gasteiger partial charge in [0.2, 0.25) is 0 Å². The summed E-state index contributed by atoms with van der Waals surface area (Å²) in [6, 6.07) is 5.08. The summed E-state index contributed by atoms with van der Waals surface area (Å²) in [5, 5.41) is 9.84. The zero-order chi connectivity index (χ0) is 14.9. The van der Waals surface area contributed by atoms with Crippen molar-refractivity contribution in [1.29, 1.82) is 0 Å². The molecule has 0 unspecified atom stereocenters. The minimum atomic E-state index is -0.916. The summed E-state index contributed by atoms with van der Waals surface area (Å²) in [4.78, 5) is 13.5. The van der Waals surface area contributed by atoms with E-state index in [1.54, 1.807) is 18.2 Å². The van der Waals surface area contributed by atoms with Crippen molar-refractivity contribution < 1.29 is 9.90 Å². The number of aromatic carboxylic acids is 1. The molecule has 1 saturated heterocycles. The van der Waals surface area contributed by atoms with Gasteiger partial charge >= 0.3 is 5.97 Å². The van der Waals surface area contributed by atoms with Gasteiger partial charge in [0, 0.05) is 13.1 Å². The minimum absolute atomic E-state index is 0.298. The van der Waals surface area contributed by atoms with E-state index in [4.69, 9.17) is 11.6 Å². The molecule has 20 heavy (non-hydrogen) atoms. The summed E-state index contributed by atoms with van der Waals surface area (Å²) >= 11 is 6.23. The lowest BCUT2D eigenvalue weighted by atomic mass is 9.75. The number of nitrogens with zero attached hydrogens (tertiary/aromatic N) is 1. The van der Waals surface area contributed by atoms with E-state index in [-0.39, 0.29) is 0 Å². The lowest BCUT2D eigenvalue weighted by Crippen LogP contribution is -2.38. The van der Waals surface area contributed by atoms with Crippen molar-refractivity contribution in [3.8, 4) is 0 Å². The third-order valence-electron chi connectivity index (χ3n) is 4.25. The number of carbonyl (C=O) groups is 1. The zero-order valence-electron chi connectivity index (χ0n) is 12.3. The number of carboxylic acids is 1. The van der Waals surface area contributed by atoms with Crippen molar-refractivity contribution in [2.24, 2.45) is 11.3 Å². The first kappa shape index (κ1) is 15.2. The third-order valence-corrected chi connectivity index (χ3v) is 4.56. The zero-order valence-corrected chi connectivity index (χ0v) is 13.1. The van der Waals surface area contributed by atoms with Crippen LogP contribution in [0.15, 0.2) is 18.2 Å². The molecule has 1 aromatic carbocycles. The summed E-state index contributed by atoms with van der Waals surface area (Å²) in [5.74, 6) is -0.241. The molecule has 4 heteroatoms. The predicted molar refractivity (Wildman–Crippen MR) is 82.8 cm³/mol. The van der Waals surface area contributed by atoms with Gasteiger partial charge in [-0.1, -0.05) is 38.4 Å². The molecule has 0 amide bonds. The summed E-state index contributed by atoms with van der Waals surface area (Å²) in [7, 11) is 0. The van der Waals surface area contributed by atoms with Crippen LogP contribution in [-0.4, -0.2) is 24.2 Å². The fourth-order valence-corrected chi connectivity index (χ4v) is 3.27. The maximum Gasteiger partial charge on any atom is 0.337 e. The van der Waals surface area contributed by atoms with Crippen LogP contribution in [0.5, 0.6) is 0 Å². The van der Waals surface area contributed by atoms with Crippen molar-refractivity contribution in [1.82, 2.24) is 0 Å². The largest absolute Gasteiger partial charge is 0.478 e. The topological polar surface area (TPSA) is 40.5 Å². The van der Waals surface area contributed by atoms with E-state index in [2.05, 4.69) is 25.7 Å². The van der Waals surface area contributed by atoms with Gasteiger partial charge in [0.1, 0.15) is 0 Å². The summed E-state index contributed by atoms with van der Waals surface area (Å²) in [6.07, 6.45) is 2.15. The third kappa shape index (κ3) is 3.09. The van der Waals surface area contributed by atoms with Gasteiger partial charge < -0.3 is 10.0 Å². The lowest BCUT2D eigenvalue weighted by molar-refractivity contribution is 0.0697. The van der Waals surface area contributed by atoms with Gasteiger partial charge in [-0.15, -0.1) is 0 Å². The molecule has 1 N–H and O–H groups in total. The van der Waals surface area contributed by atoms with E-state index in [0.29, 0.717) is 27.6 Å². The molecule has 1 aromatic rings. The SMILES string of the molecule is CC(C)(C)C1CCN(c2c(Cl)cccc2C(=O)O)CC1. The molecule has 1 heterocycles. The van der Waals surface area contributed by atoms with Gasteiger partial charge in [-0.2, -0.15) is 0 Å². The van der Waals surface area contributed by atoms with Crippen LogP contribution in [0.4, 0.5) is 5.69 Å². The van der Waals surface area contributed by atoms with E-state index in [1.165, 1.54) is 0 Å². The number of benzene rings is 1. The van der Waals surface area contributed by atoms with E-state index in [0.717, 1.165) is 25.9 Å². The molecular formula is C16H22ClNO2. The molecule has 2 rings (SSSR count). The summed E-state index contributed by atoms with van der Waals surface area (Å²) < 4.78 is 0. The van der Waals surface area contributed by atoms with Crippen molar-refractivity contribution in [3.63, 3.8) is 0 Å². The molecule has 1 fully saturated rings. The molecule has 0 atom stereocenters. The Morgan fingerprint density at radius 2 is 1.90 bits per heavy atom. The monoisotopic (exact) mass is 295 g/mol. The molecule has 110 valence electrons. The number of piperidine rings is 1. The van der Waals surface area contributed by atoms with E-state index in [1.807, 2.05) is 0 Å². The normalized spacial score (nSPS) is 17.3. The number of hydrogen-bond acceptors (Lipinski definition) is 2. The van der Waals surface area contributed by atoms with Crippen LogP contribution in [0.3, 0.4) is 0 Å². The fraction of sp³-hybridized carbons (Fsp3) is 0.562. The Labute approximate surface area is 125 Å². The molecular weight excluding hydrogens is 274 g/mol. The lowest BCUT2D eigenvalue weighted by Gasteiger charge is -2.40. The number of para-hydroxylation sites is 1. The van der Waals surface area contributed by atoms with E-state index in [9.17, 15) is 9.90 Å². The van der Waals surface area contributed by atoms with Gasteiger partial charge in [-0.05, 0) is 36.3 Å². The Balaban J connectivity index is 2.21. The highest BCUT2D eigenvalue weighted by molar-refractivity contribution is 6.34. The van der Waals surface area contributed by atoms with Gasteiger partial charge in [0.25, 0.3) is 0 Å². The van der Waals surface area contributed by atoms with Crippen molar-refractivity contribution in [3.05, 3.63) is 28.8 Å². The van der Waals surface area contributed by atoms with Crippen LogP contribution in [0.2, 0.25) is 5.02 Å². The number of hydrogen-bond donors (Lipinski definition) is 1. The Bertz CT molecular complexity index is 500. The first-order chi connectivity index (χ1) is 9.30. The number of carboxylic acid groups (broad SMARTS) is 1. The minimum Gasteiger partial charge on any atom is -0.478 e. The number of rotatable bonds is 2. The summed E-state index contributed by atoms with van der Waals surface area (Å²) in [5.41, 5.74) is 1.28. The molecule has 0 spiro atoms. The van der Waals surface area contributed by atoms with E-state index >= 15 is 0 Å². The van der Waals surface area contributed by atoms with E-state index < -0.39 is 5.97 Å². The van der Waals surface area contributed by atoms with Crippen molar-refractivity contribution in [2.75, 3.05) is 18.0 Å². The van der Waals surface area contributed by atoms with Gasteiger partial charge in [-0.25, -0.2) is 4.79 Å². The van der Waals surface area contributed by atoms with Crippen molar-refractivity contribution in [2.45, 2.75) is 33.6 Å². The van der Waals surface area contributed by atoms with Crippen LogP contribution < -0.4 is 4.90 Å². The molecule has 0 bridgehead atoms. The second kappa shape index (κ2) is 5.65. The average Bonchev–Trinajstić information content (AvgIpc) is 2.37. The Morgan fingerprint density at radius 1 is 1.30 bits per heavy atom. The highest BCUT2D eigenvalue weighted by Crippen LogP contribution is 2.38. The van der Waals surface area contributed by atoms with Crippen LogP contribution in [-0.2, 0) is 0 Å². The smallest absolute Gasteiger partial charge is 0.337 e. The van der Waals surface area contributed by atoms with Crippen LogP contribution in [0, 0.1) is 11.3 Å². The van der Waals surface area contributed by atoms with Crippen LogP contribution in [0.1, 0.15) is 44.0 Å². The Kier molecular flexibility index (Phi) is 4.28. The second-order valence-electron chi connectivity index (χ2n) is 6.57. The Hall–Kier alpha value is -1.22. The predicted octanol–water partition coefficient (Wildman–Crippen LogP) is 4.30. The number of halogens is 1. The first-order valence-electron chi connectivity index (χ1n) is 7.07. The van der Waals surface area contributed by atoms with Crippen molar-refractivity contribution >= 4 is 23.3 Å². The second-order valence-corrected chi connectivity index (χ2v) is 6.98. The highest BCUT2D eigenvalue weighted by atomic mass is 35.5. The maximum absolute atomic E-state index is 11.4. The van der Waals surface area contributed by atoms with Crippen LogP contribution in [0.25, 0.3) is 0 Å². The molecule has 0 aromatic heterocycles. The highest BCUT2D eigenvalue weighted by Gasteiger charge is 2.30. The average molecular weight is 296 g/mol. The standard InChI is InChI=1S/C16H22ClNO2/c1-16(2,3)11-7-9-18(10-8-11)14-12(15(19)20)5-4-6-13(14)17/h4-6,11H,7-10H2,1-3H3,(H,19,20). The van der Waals surface area contributed by atoms with Gasteiger partial charge in [0.05, 0.1) is 16.3 Å². The van der Waals surface area contributed by atoms with Gasteiger partial charge in [0.15, 0.2) is 0 Å². The molecule has 3 nitrogen and oxygen atoms in total.